The molecule has 126 valence electrons. The highest BCUT2D eigenvalue weighted by molar-refractivity contribution is 7.89. The van der Waals surface area contributed by atoms with Crippen LogP contribution >= 0.6 is 0 Å². The van der Waals surface area contributed by atoms with E-state index in [1.165, 1.54) is 6.92 Å². The minimum absolute atomic E-state index is 0.0818. The maximum absolute atomic E-state index is 12.3. The molecule has 1 saturated heterocycles. The quantitative estimate of drug-likeness (QED) is 0.424. The molecule has 1 fully saturated rings. The Bertz CT molecular complexity index is 666. The maximum Gasteiger partial charge on any atom is 0.353 e. The average Bonchev–Trinajstić information content (AvgIpc) is 2.82. The van der Waals surface area contributed by atoms with Gasteiger partial charge in [-0.2, -0.15) is 0 Å². The van der Waals surface area contributed by atoms with Gasteiger partial charge in [0.25, 0.3) is 5.91 Å². The van der Waals surface area contributed by atoms with Crippen molar-refractivity contribution in [1.82, 2.24) is 10.2 Å². The van der Waals surface area contributed by atoms with Gasteiger partial charge in [0.2, 0.25) is 5.91 Å². The smallest absolute Gasteiger partial charge is 0.353 e. The van der Waals surface area contributed by atoms with Crippen molar-refractivity contribution in [3.05, 3.63) is 21.7 Å². The van der Waals surface area contributed by atoms with Crippen molar-refractivity contribution in [2.45, 2.75) is 26.3 Å². The van der Waals surface area contributed by atoms with Gasteiger partial charge in [-0.3, -0.25) is 18.7 Å². The van der Waals surface area contributed by atoms with Gasteiger partial charge in [0, 0.05) is 31.2 Å². The van der Waals surface area contributed by atoms with Gasteiger partial charge in [0.05, 0.1) is 28.4 Å². The zero-order valence-electron chi connectivity index (χ0n) is 12.8. The van der Waals surface area contributed by atoms with Crippen LogP contribution in [0.3, 0.4) is 0 Å². The number of rotatable bonds is 6. The molecule has 23 heavy (non-hydrogen) atoms. The van der Waals surface area contributed by atoms with Gasteiger partial charge in [-0.25, -0.2) is 4.79 Å². The molecule has 9 heteroatoms. The second-order valence-electron chi connectivity index (χ2n) is 5.36. The van der Waals surface area contributed by atoms with E-state index in [9.17, 15) is 23.7 Å². The Balaban J connectivity index is 2.23. The Morgan fingerprint density at radius 1 is 1.39 bits per heavy atom. The Hall–Kier alpha value is -2.00. The SMILES string of the molecule is CC(=O)NCCS(=O)C1=C(C(=O)O)N2C(=O)/C(=C(\C)CO)[C@H]2C1. The summed E-state index contributed by atoms with van der Waals surface area (Å²) in [6.07, 6.45) is 0.173. The normalized spacial score (nSPS) is 23.3. The van der Waals surface area contributed by atoms with Gasteiger partial charge in [-0.05, 0) is 12.5 Å². The fourth-order valence-corrected chi connectivity index (χ4v) is 4.03. The van der Waals surface area contributed by atoms with Crippen LogP contribution in [0, 0.1) is 0 Å². The number of amides is 2. The van der Waals surface area contributed by atoms with Crippen molar-refractivity contribution < 1.29 is 28.8 Å². The van der Waals surface area contributed by atoms with E-state index in [2.05, 4.69) is 5.32 Å². The molecule has 2 aliphatic heterocycles. The molecule has 1 unspecified atom stereocenters. The highest BCUT2D eigenvalue weighted by atomic mass is 32.2. The van der Waals surface area contributed by atoms with Crippen LogP contribution in [0.2, 0.25) is 0 Å². The monoisotopic (exact) mass is 342 g/mol. The first kappa shape index (κ1) is 17.4. The number of hydrogen-bond donors (Lipinski definition) is 3. The minimum atomic E-state index is -1.60. The topological polar surface area (TPSA) is 124 Å². The number of carboxylic acids is 1. The summed E-state index contributed by atoms with van der Waals surface area (Å²) in [5.41, 5.74) is 0.641. The standard InChI is InChI=1S/C14H18N2O6S/c1-7(6-17)11-9-5-10(23(22)4-3-15-8(2)18)12(14(20)21)16(9)13(11)19/h9,17H,3-6H2,1-2H3,(H,15,18)(H,20,21)/b11-7+/t9-,23?/m1/s1. The van der Waals surface area contributed by atoms with Crippen molar-refractivity contribution >= 4 is 28.6 Å². The number of nitrogens with zero attached hydrogens (tertiary/aromatic N) is 1. The molecular weight excluding hydrogens is 324 g/mol. The average molecular weight is 342 g/mol. The maximum atomic E-state index is 12.3. The van der Waals surface area contributed by atoms with Crippen molar-refractivity contribution in [3.63, 3.8) is 0 Å². The Morgan fingerprint density at radius 2 is 2.04 bits per heavy atom. The van der Waals surface area contributed by atoms with Crippen LogP contribution in [0.5, 0.6) is 0 Å². The fraction of sp³-hybridized carbons (Fsp3) is 0.500. The summed E-state index contributed by atoms with van der Waals surface area (Å²) in [5, 5.41) is 21.0. The zero-order valence-corrected chi connectivity index (χ0v) is 13.6. The summed E-state index contributed by atoms with van der Waals surface area (Å²) < 4.78 is 12.3. The van der Waals surface area contributed by atoms with Crippen LogP contribution < -0.4 is 5.32 Å². The molecule has 0 aromatic carbocycles. The molecule has 2 atom stereocenters. The number of nitrogens with one attached hydrogen (secondary N) is 1. The van der Waals surface area contributed by atoms with E-state index in [0.29, 0.717) is 11.1 Å². The summed E-state index contributed by atoms with van der Waals surface area (Å²) >= 11 is 0. The lowest BCUT2D eigenvalue weighted by Crippen LogP contribution is -2.53. The number of aliphatic hydroxyl groups is 1. The van der Waals surface area contributed by atoms with Crippen LogP contribution in [0.25, 0.3) is 0 Å². The van der Waals surface area contributed by atoms with E-state index < -0.39 is 28.7 Å². The van der Waals surface area contributed by atoms with Crippen LogP contribution in [-0.2, 0) is 25.2 Å². The molecule has 8 nitrogen and oxygen atoms in total. The number of carboxylic acid groups (broad SMARTS) is 1. The van der Waals surface area contributed by atoms with Crippen molar-refractivity contribution in [2.24, 2.45) is 0 Å². The van der Waals surface area contributed by atoms with Crippen LogP contribution in [0.15, 0.2) is 21.7 Å². The van der Waals surface area contributed by atoms with E-state index >= 15 is 0 Å². The third kappa shape index (κ3) is 3.06. The Kier molecular flexibility index (Phi) is 5.00. The molecule has 2 rings (SSSR count). The predicted molar refractivity (Wildman–Crippen MR) is 81.4 cm³/mol. The summed E-state index contributed by atoms with van der Waals surface area (Å²) in [6, 6.07) is -0.472. The third-order valence-electron chi connectivity index (χ3n) is 3.81. The van der Waals surface area contributed by atoms with Gasteiger partial charge >= 0.3 is 5.97 Å². The minimum Gasteiger partial charge on any atom is -0.477 e. The molecule has 0 bridgehead atoms. The van der Waals surface area contributed by atoms with Crippen molar-refractivity contribution in [1.29, 1.82) is 0 Å². The lowest BCUT2D eigenvalue weighted by molar-refractivity contribution is -0.142. The number of aliphatic carboxylic acids is 1. The molecule has 0 aromatic heterocycles. The van der Waals surface area contributed by atoms with E-state index in [1.54, 1.807) is 6.92 Å². The lowest BCUT2D eigenvalue weighted by Gasteiger charge is -2.39. The Morgan fingerprint density at radius 3 is 2.57 bits per heavy atom. The molecule has 2 aliphatic rings. The summed E-state index contributed by atoms with van der Waals surface area (Å²) in [5.74, 6) is -1.95. The van der Waals surface area contributed by atoms with Crippen molar-refractivity contribution in [2.75, 3.05) is 18.9 Å². The number of hydrogen-bond acceptors (Lipinski definition) is 5. The highest BCUT2D eigenvalue weighted by Crippen LogP contribution is 2.44. The zero-order chi connectivity index (χ0) is 17.3. The van der Waals surface area contributed by atoms with Gasteiger partial charge in [0.1, 0.15) is 5.70 Å². The summed E-state index contributed by atoms with van der Waals surface area (Å²) in [6.45, 7) is 2.82. The molecule has 0 spiro atoms. The molecule has 0 aliphatic carbocycles. The molecule has 2 heterocycles. The molecule has 0 saturated carbocycles. The second kappa shape index (κ2) is 6.63. The molecule has 0 radical (unpaired) electrons. The second-order valence-corrected chi connectivity index (χ2v) is 6.95. The summed E-state index contributed by atoms with van der Waals surface area (Å²) in [4.78, 5) is 35.7. The van der Waals surface area contributed by atoms with Crippen LogP contribution in [0.4, 0.5) is 0 Å². The first-order valence-electron chi connectivity index (χ1n) is 7.02. The van der Waals surface area contributed by atoms with Crippen molar-refractivity contribution in [3.8, 4) is 0 Å². The van der Waals surface area contributed by atoms with E-state index in [4.69, 9.17) is 5.11 Å². The number of aliphatic hydroxyl groups excluding tert-OH is 1. The molecule has 2 amide bonds. The molecule has 3 N–H and O–H groups in total. The predicted octanol–water partition coefficient (Wildman–Crippen LogP) is -0.909. The fourth-order valence-electron chi connectivity index (χ4n) is 2.75. The highest BCUT2D eigenvalue weighted by Gasteiger charge is 2.53. The number of β-lactam (4-membered cyclic amide) rings is 1. The van der Waals surface area contributed by atoms with Gasteiger partial charge < -0.3 is 15.5 Å². The van der Waals surface area contributed by atoms with E-state index in [1.807, 2.05) is 0 Å². The van der Waals surface area contributed by atoms with Gasteiger partial charge in [-0.15, -0.1) is 0 Å². The first-order valence-corrected chi connectivity index (χ1v) is 8.34. The number of fused-ring (bicyclic) bond motifs is 1. The van der Waals surface area contributed by atoms with Gasteiger partial charge in [-0.1, -0.05) is 0 Å². The first-order chi connectivity index (χ1) is 10.8. The number of carbonyl (C=O) groups is 3. The molecule has 0 aromatic rings. The Labute approximate surface area is 135 Å². The van der Waals surface area contributed by atoms with E-state index in [-0.39, 0.29) is 41.8 Å². The third-order valence-corrected chi connectivity index (χ3v) is 5.30. The van der Waals surface area contributed by atoms with Crippen LogP contribution in [-0.4, -0.2) is 62.1 Å². The van der Waals surface area contributed by atoms with E-state index in [0.717, 1.165) is 4.90 Å². The molecular formula is C14H18N2O6S. The summed E-state index contributed by atoms with van der Waals surface area (Å²) in [7, 11) is -1.60. The van der Waals surface area contributed by atoms with Crippen LogP contribution in [0.1, 0.15) is 20.3 Å². The number of carbonyl (C=O) groups excluding carboxylic acids is 2. The largest absolute Gasteiger partial charge is 0.477 e. The lowest BCUT2D eigenvalue weighted by atomic mass is 9.90. The van der Waals surface area contributed by atoms with Gasteiger partial charge in [0.15, 0.2) is 0 Å².